The maximum Gasteiger partial charge on any atom is 0.349 e. The van der Waals surface area contributed by atoms with Gasteiger partial charge in [0.05, 0.1) is 7.11 Å². The molecule has 1 fully saturated rings. The normalized spacial score (nSPS) is 14.0. The van der Waals surface area contributed by atoms with Crippen molar-refractivity contribution in [1.82, 2.24) is 4.57 Å². The summed E-state index contributed by atoms with van der Waals surface area (Å²) in [6.45, 7) is 3.88. The van der Waals surface area contributed by atoms with Gasteiger partial charge < -0.3 is 14.0 Å². The predicted octanol–water partition coefficient (Wildman–Crippen LogP) is 4.24. The Hall–Kier alpha value is -3.07. The van der Waals surface area contributed by atoms with Crippen molar-refractivity contribution in [2.45, 2.75) is 39.3 Å². The molecule has 0 saturated heterocycles. The highest BCUT2D eigenvalue weighted by Crippen LogP contribution is 2.38. The van der Waals surface area contributed by atoms with Gasteiger partial charge in [0.15, 0.2) is 11.6 Å². The van der Waals surface area contributed by atoms with Gasteiger partial charge in [-0.3, -0.25) is 0 Å². The lowest BCUT2D eigenvalue weighted by Crippen LogP contribution is -2.07. The Labute approximate surface area is 157 Å². The van der Waals surface area contributed by atoms with Crippen molar-refractivity contribution >= 4 is 12.0 Å². The van der Waals surface area contributed by atoms with Gasteiger partial charge in [0.25, 0.3) is 0 Å². The Kier molecular flexibility index (Phi) is 5.31. The number of methoxy groups -OCH3 is 1. The molecule has 5 nitrogen and oxygen atoms in total. The van der Waals surface area contributed by atoms with Crippen LogP contribution in [0.2, 0.25) is 0 Å². The van der Waals surface area contributed by atoms with Gasteiger partial charge in [-0.2, -0.15) is 5.26 Å². The van der Waals surface area contributed by atoms with Gasteiger partial charge in [-0.05, 0) is 62.1 Å². The first-order chi connectivity index (χ1) is 12.9. The Morgan fingerprint density at radius 3 is 2.70 bits per heavy atom. The van der Waals surface area contributed by atoms with Crippen LogP contribution in [0.1, 0.15) is 41.4 Å². The first-order valence-electron chi connectivity index (χ1n) is 8.74. The minimum absolute atomic E-state index is 0.0833. The number of hydrogen-bond donors (Lipinski definition) is 0. The summed E-state index contributed by atoms with van der Waals surface area (Å²) in [6, 6.07) is 8.70. The molecule has 6 heteroatoms. The zero-order valence-corrected chi connectivity index (χ0v) is 15.6. The number of carbonyl (C=O) groups excluding carboxylic acids is 1. The number of esters is 1. The maximum atomic E-state index is 13.7. The number of nitrogens with zero attached hydrogens (tertiary/aromatic N) is 2. The Bertz CT molecular complexity index is 949. The second-order valence-electron chi connectivity index (χ2n) is 6.64. The molecular weight excluding hydrogens is 347 g/mol. The van der Waals surface area contributed by atoms with Crippen molar-refractivity contribution in [2.24, 2.45) is 0 Å². The van der Waals surface area contributed by atoms with E-state index in [0.717, 1.165) is 29.8 Å². The summed E-state index contributed by atoms with van der Waals surface area (Å²) in [4.78, 5) is 12.3. The topological polar surface area (TPSA) is 64.2 Å². The molecule has 1 aromatic heterocycles. The van der Waals surface area contributed by atoms with Crippen LogP contribution in [0.15, 0.2) is 29.8 Å². The minimum atomic E-state index is -0.732. The first-order valence-corrected chi connectivity index (χ1v) is 8.74. The molecule has 0 bridgehead atoms. The summed E-state index contributed by atoms with van der Waals surface area (Å²) in [7, 11) is 1.38. The molecule has 0 aliphatic heterocycles. The van der Waals surface area contributed by atoms with Crippen molar-refractivity contribution in [3.05, 3.63) is 58.2 Å². The maximum absolute atomic E-state index is 13.7. The van der Waals surface area contributed by atoms with Crippen LogP contribution in [0.25, 0.3) is 6.08 Å². The van der Waals surface area contributed by atoms with Crippen LogP contribution in [0.3, 0.4) is 0 Å². The number of nitriles is 1. The SMILES string of the molecule is COc1ccc(COC(=O)/C(C#N)=C/c2cc(C)n(C3CC3)c2C)cc1F. The zero-order valence-electron chi connectivity index (χ0n) is 15.6. The molecular formula is C21H21FN2O3. The summed E-state index contributed by atoms with van der Waals surface area (Å²) < 4.78 is 26.0. The Morgan fingerprint density at radius 2 is 2.11 bits per heavy atom. The fourth-order valence-corrected chi connectivity index (χ4v) is 3.16. The standard InChI is InChI=1S/C21H21FN2O3/c1-13-8-16(14(2)24(13)18-5-6-18)10-17(11-23)21(25)27-12-15-4-7-20(26-3)19(22)9-15/h4,7-10,18H,5-6,12H2,1-3H3/b17-10+. The molecule has 0 amide bonds. The summed E-state index contributed by atoms with van der Waals surface area (Å²) in [5, 5.41) is 9.35. The van der Waals surface area contributed by atoms with Crippen LogP contribution < -0.4 is 4.74 Å². The van der Waals surface area contributed by atoms with Gasteiger partial charge in [-0.25, -0.2) is 9.18 Å². The van der Waals surface area contributed by atoms with Crippen molar-refractivity contribution in [2.75, 3.05) is 7.11 Å². The lowest BCUT2D eigenvalue weighted by Gasteiger charge is -2.07. The van der Waals surface area contributed by atoms with E-state index in [-0.39, 0.29) is 17.9 Å². The Balaban J connectivity index is 1.73. The van der Waals surface area contributed by atoms with Crippen LogP contribution in [0.5, 0.6) is 5.75 Å². The average molecular weight is 368 g/mol. The zero-order chi connectivity index (χ0) is 19.6. The fraction of sp³-hybridized carbons (Fsp3) is 0.333. The van der Waals surface area contributed by atoms with Crippen molar-refractivity contribution in [3.8, 4) is 11.8 Å². The van der Waals surface area contributed by atoms with Crippen molar-refractivity contribution in [1.29, 1.82) is 5.26 Å². The van der Waals surface area contributed by atoms with Crippen molar-refractivity contribution in [3.63, 3.8) is 0 Å². The van der Waals surface area contributed by atoms with Crippen LogP contribution in [-0.4, -0.2) is 17.6 Å². The number of halogens is 1. The van der Waals surface area contributed by atoms with E-state index < -0.39 is 11.8 Å². The molecule has 1 saturated carbocycles. The van der Waals surface area contributed by atoms with Crippen LogP contribution in [-0.2, 0) is 16.1 Å². The summed E-state index contributed by atoms with van der Waals surface area (Å²) >= 11 is 0. The third kappa shape index (κ3) is 4.03. The molecule has 1 aromatic carbocycles. The third-order valence-corrected chi connectivity index (χ3v) is 4.66. The predicted molar refractivity (Wildman–Crippen MR) is 98.5 cm³/mol. The molecule has 140 valence electrons. The van der Waals surface area contributed by atoms with Crippen LogP contribution >= 0.6 is 0 Å². The van der Waals surface area contributed by atoms with Gasteiger partial charge >= 0.3 is 5.97 Å². The monoisotopic (exact) mass is 368 g/mol. The molecule has 0 unspecified atom stereocenters. The van der Waals surface area contributed by atoms with Gasteiger partial charge in [-0.15, -0.1) is 0 Å². The molecule has 0 atom stereocenters. The summed E-state index contributed by atoms with van der Waals surface area (Å²) in [5.74, 6) is -1.15. The fourth-order valence-electron chi connectivity index (χ4n) is 3.16. The third-order valence-electron chi connectivity index (χ3n) is 4.66. The van der Waals surface area contributed by atoms with E-state index in [0.29, 0.717) is 11.6 Å². The van der Waals surface area contributed by atoms with Crippen LogP contribution in [0, 0.1) is 31.0 Å². The number of aryl methyl sites for hydroxylation is 1. The second-order valence-corrected chi connectivity index (χ2v) is 6.64. The van der Waals surface area contributed by atoms with Gasteiger partial charge in [0, 0.05) is 17.4 Å². The average Bonchev–Trinajstić information content (AvgIpc) is 3.43. The molecule has 0 radical (unpaired) electrons. The first kappa shape index (κ1) is 18.7. The number of rotatable bonds is 6. The molecule has 1 aliphatic rings. The van der Waals surface area contributed by atoms with Crippen molar-refractivity contribution < 1.29 is 18.7 Å². The lowest BCUT2D eigenvalue weighted by molar-refractivity contribution is -0.139. The second kappa shape index (κ2) is 7.67. The molecule has 3 rings (SSSR count). The minimum Gasteiger partial charge on any atom is -0.494 e. The molecule has 2 aromatic rings. The molecule has 27 heavy (non-hydrogen) atoms. The number of benzene rings is 1. The van der Waals surface area contributed by atoms with E-state index >= 15 is 0 Å². The van der Waals surface area contributed by atoms with E-state index in [1.54, 1.807) is 12.1 Å². The van der Waals surface area contributed by atoms with E-state index in [1.807, 2.05) is 26.0 Å². The highest BCUT2D eigenvalue weighted by molar-refractivity contribution is 5.98. The highest BCUT2D eigenvalue weighted by atomic mass is 19.1. The number of carbonyl (C=O) groups is 1. The summed E-state index contributed by atoms with van der Waals surface area (Å²) in [6.07, 6.45) is 3.87. The van der Waals surface area contributed by atoms with E-state index in [2.05, 4.69) is 4.57 Å². The molecule has 1 aliphatic carbocycles. The van der Waals surface area contributed by atoms with E-state index in [4.69, 9.17) is 9.47 Å². The van der Waals surface area contributed by atoms with Gasteiger partial charge in [0.2, 0.25) is 0 Å². The summed E-state index contributed by atoms with van der Waals surface area (Å²) in [5.41, 5.74) is 3.38. The van der Waals surface area contributed by atoms with E-state index in [9.17, 15) is 14.4 Å². The van der Waals surface area contributed by atoms with Gasteiger partial charge in [-0.1, -0.05) is 6.07 Å². The lowest BCUT2D eigenvalue weighted by atomic mass is 10.1. The van der Waals surface area contributed by atoms with E-state index in [1.165, 1.54) is 19.2 Å². The van der Waals surface area contributed by atoms with Gasteiger partial charge in [0.1, 0.15) is 18.2 Å². The smallest absolute Gasteiger partial charge is 0.349 e. The molecule has 1 heterocycles. The number of aromatic nitrogens is 1. The number of ether oxygens (including phenoxy) is 2. The largest absolute Gasteiger partial charge is 0.494 e. The molecule has 0 N–H and O–H groups in total. The number of hydrogen-bond acceptors (Lipinski definition) is 4. The highest BCUT2D eigenvalue weighted by Gasteiger charge is 2.27. The molecule has 0 spiro atoms. The van der Waals surface area contributed by atoms with Crippen LogP contribution in [0.4, 0.5) is 4.39 Å². The quantitative estimate of drug-likeness (QED) is 0.435. The Morgan fingerprint density at radius 1 is 1.37 bits per heavy atom.